The Morgan fingerprint density at radius 1 is 1.16 bits per heavy atom. The zero-order valence-electron chi connectivity index (χ0n) is 14.5. The molecule has 2 aliphatic rings. The normalized spacial score (nSPS) is 19.4. The number of benzene rings is 1. The Labute approximate surface area is 149 Å². The molecule has 0 saturated carbocycles. The second-order valence-corrected chi connectivity index (χ2v) is 8.35. The highest BCUT2D eigenvalue weighted by molar-refractivity contribution is 7.89. The van der Waals surface area contributed by atoms with Crippen LogP contribution in [0, 0.1) is 0 Å². The van der Waals surface area contributed by atoms with Gasteiger partial charge in [0.25, 0.3) is 0 Å². The summed E-state index contributed by atoms with van der Waals surface area (Å²) in [5.74, 6) is -0.0163. The summed E-state index contributed by atoms with van der Waals surface area (Å²) in [4.78, 5) is 14.1. The van der Waals surface area contributed by atoms with Crippen molar-refractivity contribution in [2.45, 2.75) is 31.5 Å². The molecule has 2 aliphatic heterocycles. The number of hydrogen-bond donors (Lipinski definition) is 1. The first-order valence-corrected chi connectivity index (χ1v) is 10.1. The lowest BCUT2D eigenvalue weighted by Crippen LogP contribution is -2.40. The molecular formula is C17H25N3O4S. The molecule has 3 rings (SSSR count). The van der Waals surface area contributed by atoms with Gasteiger partial charge in [-0.25, -0.2) is 8.42 Å². The molecule has 0 spiro atoms. The van der Waals surface area contributed by atoms with Gasteiger partial charge in [-0.3, -0.25) is 9.69 Å². The highest BCUT2D eigenvalue weighted by Gasteiger charge is 2.28. The third-order valence-corrected chi connectivity index (χ3v) is 6.51. The Hall–Kier alpha value is -1.48. The smallest absolute Gasteiger partial charge is 0.243 e. The largest absolute Gasteiger partial charge is 0.372 e. The van der Waals surface area contributed by atoms with E-state index in [9.17, 15) is 13.2 Å². The number of ether oxygens (including phenoxy) is 1. The summed E-state index contributed by atoms with van der Waals surface area (Å²) in [6.07, 6.45) is 0.715. The minimum Gasteiger partial charge on any atom is -0.372 e. The second-order valence-electron chi connectivity index (χ2n) is 6.41. The lowest BCUT2D eigenvalue weighted by molar-refractivity contribution is -0.122. The highest BCUT2D eigenvalue weighted by atomic mass is 32.2. The number of carbonyl (C=O) groups is 1. The van der Waals surface area contributed by atoms with Crippen LogP contribution in [0.3, 0.4) is 0 Å². The van der Waals surface area contributed by atoms with Gasteiger partial charge >= 0.3 is 0 Å². The maximum atomic E-state index is 13.0. The van der Waals surface area contributed by atoms with Crippen LogP contribution in [-0.2, 0) is 32.8 Å². The Balaban J connectivity index is 1.68. The monoisotopic (exact) mass is 367 g/mol. The van der Waals surface area contributed by atoms with Crippen molar-refractivity contribution < 1.29 is 17.9 Å². The molecule has 138 valence electrons. The second kappa shape index (κ2) is 7.82. The summed E-state index contributed by atoms with van der Waals surface area (Å²) < 4.78 is 32.8. The fourth-order valence-electron chi connectivity index (χ4n) is 3.26. The number of likely N-dealkylation sites (N-methyl/N-ethyl adjacent to an activating group) is 1. The van der Waals surface area contributed by atoms with Crippen molar-refractivity contribution in [3.8, 4) is 0 Å². The quantitative estimate of drug-likeness (QED) is 0.822. The zero-order chi connectivity index (χ0) is 17.9. The summed E-state index contributed by atoms with van der Waals surface area (Å²) in [7, 11) is -3.52. The average molecular weight is 367 g/mol. The van der Waals surface area contributed by atoms with Crippen LogP contribution in [0.5, 0.6) is 0 Å². The fourth-order valence-corrected chi connectivity index (χ4v) is 4.78. The number of amides is 1. The van der Waals surface area contributed by atoms with E-state index in [1.165, 1.54) is 4.31 Å². The molecule has 25 heavy (non-hydrogen) atoms. The van der Waals surface area contributed by atoms with E-state index >= 15 is 0 Å². The van der Waals surface area contributed by atoms with Crippen molar-refractivity contribution in [3.05, 3.63) is 29.3 Å². The molecule has 1 aromatic rings. The SMILES string of the molecule is CCNC(=O)CN1CCCN(S(=O)(=O)c2ccc3c(c2)COC3)CC1. The van der Waals surface area contributed by atoms with Crippen molar-refractivity contribution >= 4 is 15.9 Å². The summed E-state index contributed by atoms with van der Waals surface area (Å²) in [5.41, 5.74) is 2.01. The van der Waals surface area contributed by atoms with Crippen LogP contribution in [-0.4, -0.2) is 62.8 Å². The summed E-state index contributed by atoms with van der Waals surface area (Å²) in [5, 5.41) is 2.78. The number of nitrogens with one attached hydrogen (secondary N) is 1. The van der Waals surface area contributed by atoms with Crippen molar-refractivity contribution in [2.75, 3.05) is 39.3 Å². The lowest BCUT2D eigenvalue weighted by Gasteiger charge is -2.21. The van der Waals surface area contributed by atoms with Gasteiger partial charge in [-0.2, -0.15) is 4.31 Å². The minimum atomic E-state index is -3.52. The first-order chi connectivity index (χ1) is 12.0. The predicted octanol–water partition coefficient (Wildman–Crippen LogP) is 0.549. The van der Waals surface area contributed by atoms with Crippen LogP contribution in [0.15, 0.2) is 23.1 Å². The molecule has 1 saturated heterocycles. The van der Waals surface area contributed by atoms with Crippen molar-refractivity contribution in [1.29, 1.82) is 0 Å². The van der Waals surface area contributed by atoms with Gasteiger partial charge in [-0.05, 0) is 43.1 Å². The molecular weight excluding hydrogens is 342 g/mol. The van der Waals surface area contributed by atoms with E-state index in [0.717, 1.165) is 17.7 Å². The van der Waals surface area contributed by atoms with Crippen molar-refractivity contribution in [1.82, 2.24) is 14.5 Å². The molecule has 0 aliphatic carbocycles. The van der Waals surface area contributed by atoms with Crippen molar-refractivity contribution in [2.24, 2.45) is 0 Å². The van der Waals surface area contributed by atoms with E-state index in [4.69, 9.17) is 4.74 Å². The van der Waals surface area contributed by atoms with E-state index in [0.29, 0.717) is 57.3 Å². The van der Waals surface area contributed by atoms with E-state index in [2.05, 4.69) is 5.32 Å². The van der Waals surface area contributed by atoms with E-state index < -0.39 is 10.0 Å². The van der Waals surface area contributed by atoms with E-state index in [-0.39, 0.29) is 5.91 Å². The molecule has 0 unspecified atom stereocenters. The highest BCUT2D eigenvalue weighted by Crippen LogP contribution is 2.25. The maximum Gasteiger partial charge on any atom is 0.243 e. The van der Waals surface area contributed by atoms with Gasteiger partial charge in [0.15, 0.2) is 0 Å². The Morgan fingerprint density at radius 2 is 1.96 bits per heavy atom. The van der Waals surface area contributed by atoms with Crippen molar-refractivity contribution in [3.63, 3.8) is 0 Å². The third-order valence-electron chi connectivity index (χ3n) is 4.62. The van der Waals surface area contributed by atoms with Gasteiger partial charge in [0.1, 0.15) is 0 Å². The van der Waals surface area contributed by atoms with Gasteiger partial charge in [-0.15, -0.1) is 0 Å². The number of hydrogen-bond acceptors (Lipinski definition) is 5. The molecule has 8 heteroatoms. The topological polar surface area (TPSA) is 79.0 Å². The lowest BCUT2D eigenvalue weighted by atomic mass is 10.1. The van der Waals surface area contributed by atoms with Gasteiger partial charge in [-0.1, -0.05) is 6.07 Å². The van der Waals surface area contributed by atoms with Gasteiger partial charge < -0.3 is 10.1 Å². The minimum absolute atomic E-state index is 0.0163. The fraction of sp³-hybridized carbons (Fsp3) is 0.588. The summed E-state index contributed by atoms with van der Waals surface area (Å²) in [6.45, 7) is 5.99. The van der Waals surface area contributed by atoms with Crippen LogP contribution in [0.25, 0.3) is 0 Å². The Bertz CT molecular complexity index is 735. The molecule has 2 heterocycles. The van der Waals surface area contributed by atoms with Crippen LogP contribution >= 0.6 is 0 Å². The maximum absolute atomic E-state index is 13.0. The number of carbonyl (C=O) groups excluding carboxylic acids is 1. The van der Waals surface area contributed by atoms with E-state index in [1.807, 2.05) is 17.9 Å². The number of fused-ring (bicyclic) bond motifs is 1. The first-order valence-electron chi connectivity index (χ1n) is 8.69. The summed E-state index contributed by atoms with van der Waals surface area (Å²) >= 11 is 0. The molecule has 1 amide bonds. The van der Waals surface area contributed by atoms with Crippen LogP contribution < -0.4 is 5.32 Å². The van der Waals surface area contributed by atoms with Crippen LogP contribution in [0.2, 0.25) is 0 Å². The molecule has 0 bridgehead atoms. The van der Waals surface area contributed by atoms with Gasteiger partial charge in [0.2, 0.25) is 15.9 Å². The molecule has 0 atom stereocenters. The Morgan fingerprint density at radius 3 is 2.76 bits per heavy atom. The number of sulfonamides is 1. The molecule has 0 radical (unpaired) electrons. The standard InChI is InChI=1S/C17H25N3O4S/c1-2-18-17(21)11-19-6-3-7-20(9-8-19)25(22,23)16-5-4-14-12-24-13-15(14)10-16/h4-5,10H,2-3,6-9,11-13H2,1H3,(H,18,21). The Kier molecular flexibility index (Phi) is 5.73. The zero-order valence-corrected chi connectivity index (χ0v) is 15.3. The molecule has 1 aromatic carbocycles. The van der Waals surface area contributed by atoms with Gasteiger partial charge in [0.05, 0.1) is 24.7 Å². The van der Waals surface area contributed by atoms with E-state index in [1.54, 1.807) is 12.1 Å². The predicted molar refractivity (Wildman–Crippen MR) is 93.4 cm³/mol. The molecule has 1 fully saturated rings. The number of nitrogens with zero attached hydrogens (tertiary/aromatic N) is 2. The van der Waals surface area contributed by atoms with Crippen LogP contribution in [0.4, 0.5) is 0 Å². The first kappa shape index (κ1) is 18.3. The van der Waals surface area contributed by atoms with Gasteiger partial charge in [0, 0.05) is 26.2 Å². The number of rotatable bonds is 5. The third kappa shape index (κ3) is 4.20. The summed E-state index contributed by atoms with van der Waals surface area (Å²) in [6, 6.07) is 5.24. The average Bonchev–Trinajstić information content (AvgIpc) is 2.92. The van der Waals surface area contributed by atoms with Crippen LogP contribution in [0.1, 0.15) is 24.5 Å². The molecule has 1 N–H and O–H groups in total. The molecule has 7 nitrogen and oxygen atoms in total. The molecule has 0 aromatic heterocycles.